The van der Waals surface area contributed by atoms with Gasteiger partial charge in [-0.15, -0.1) is 12.2 Å². The maximum absolute atomic E-state index is 9.38. The zero-order valence-electron chi connectivity index (χ0n) is 5.77. The molecule has 0 aromatic heterocycles. The largest absolute Gasteiger partial charge is 1.00 e. The molecule has 0 saturated heterocycles. The number of nitrogens with one attached hydrogen (secondary N) is 2. The summed E-state index contributed by atoms with van der Waals surface area (Å²) in [6.07, 6.45) is 0.429. The van der Waals surface area contributed by atoms with Crippen LogP contribution in [0, 0.1) is 0 Å². The van der Waals surface area contributed by atoms with Crippen molar-refractivity contribution in [2.75, 3.05) is 0 Å². The Morgan fingerprint density at radius 3 is 2.18 bits per heavy atom. The topological polar surface area (TPSA) is 73.4 Å². The Labute approximate surface area is 117 Å². The van der Waals surface area contributed by atoms with Gasteiger partial charge in [0.1, 0.15) is 0 Å². The SMILES string of the molecule is O=CNNOC=S.[K+].[O-]C=S. The van der Waals surface area contributed by atoms with E-state index in [-0.39, 0.29) is 51.4 Å². The molecule has 0 bridgehead atoms. The maximum Gasteiger partial charge on any atom is 1.00 e. The van der Waals surface area contributed by atoms with Crippen LogP contribution in [0.25, 0.3) is 0 Å². The van der Waals surface area contributed by atoms with E-state index in [2.05, 4.69) is 29.3 Å². The first-order chi connectivity index (χ1) is 4.83. The molecule has 8 heteroatoms. The minimum absolute atomic E-state index is 0. The van der Waals surface area contributed by atoms with Crippen molar-refractivity contribution in [2.24, 2.45) is 0 Å². The van der Waals surface area contributed by atoms with Crippen LogP contribution >= 0.6 is 24.4 Å². The molecule has 0 rings (SSSR count). The Bertz CT molecular complexity index is 96.6. The van der Waals surface area contributed by atoms with Crippen LogP contribution in [-0.4, -0.2) is 17.5 Å². The summed E-state index contributed by atoms with van der Waals surface area (Å²) in [5.41, 5.74) is 5.32. The van der Waals surface area contributed by atoms with Gasteiger partial charge in [-0.25, -0.2) is 0 Å². The monoisotopic (exact) mass is 220 g/mol. The molecule has 0 aromatic rings. The first-order valence-corrected chi connectivity index (χ1v) is 2.86. The first-order valence-electron chi connectivity index (χ1n) is 1.92. The summed E-state index contributed by atoms with van der Waals surface area (Å²) in [4.78, 5) is 13.5. The molecule has 0 fully saturated rings. The molecule has 58 valence electrons. The van der Waals surface area contributed by atoms with Crippen molar-refractivity contribution in [1.82, 2.24) is 11.0 Å². The molecule has 0 aliphatic rings. The van der Waals surface area contributed by atoms with E-state index in [4.69, 9.17) is 5.11 Å². The number of amides is 1. The Kier molecular flexibility index (Phi) is 36.3. The smallest absolute Gasteiger partial charge is 0.870 e. The summed E-state index contributed by atoms with van der Waals surface area (Å²) in [7, 11) is 0. The Balaban J connectivity index is -0.000000140. The molecule has 1 amide bonds. The van der Waals surface area contributed by atoms with E-state index in [1.165, 1.54) is 0 Å². The van der Waals surface area contributed by atoms with Crippen molar-refractivity contribution in [3.05, 3.63) is 0 Å². The molecular weight excluding hydrogens is 215 g/mol. The van der Waals surface area contributed by atoms with Crippen molar-refractivity contribution in [3.8, 4) is 0 Å². The third-order valence-electron chi connectivity index (χ3n) is 0.225. The van der Waals surface area contributed by atoms with Crippen LogP contribution in [-0.2, 0) is 9.63 Å². The van der Waals surface area contributed by atoms with Crippen LogP contribution in [0.1, 0.15) is 0 Å². The minimum Gasteiger partial charge on any atom is -0.870 e. The van der Waals surface area contributed by atoms with Crippen LogP contribution in [0.4, 0.5) is 0 Å². The molecule has 0 heterocycles. The predicted octanol–water partition coefficient (Wildman–Crippen LogP) is -4.57. The summed E-state index contributed by atoms with van der Waals surface area (Å²) >= 11 is 7.91. The van der Waals surface area contributed by atoms with Crippen LogP contribution < -0.4 is 67.5 Å². The van der Waals surface area contributed by atoms with Crippen LogP contribution in [0.2, 0.25) is 0 Å². The average Bonchev–Trinajstić information content (AvgIpc) is 1.91. The molecule has 11 heavy (non-hydrogen) atoms. The van der Waals surface area contributed by atoms with Gasteiger partial charge in [0.05, 0.1) is 0 Å². The fourth-order valence-electron chi connectivity index (χ4n) is 0.0821. The van der Waals surface area contributed by atoms with Crippen molar-refractivity contribution in [3.63, 3.8) is 0 Å². The molecule has 0 unspecified atom stereocenters. The second-order valence-electron chi connectivity index (χ2n) is 0.675. The predicted molar refractivity (Wildman–Crippen MR) is 40.7 cm³/mol. The van der Waals surface area contributed by atoms with Crippen LogP contribution in [0.5, 0.6) is 0 Å². The quantitative estimate of drug-likeness (QED) is 0.163. The summed E-state index contributed by atoms with van der Waals surface area (Å²) in [5.74, 6) is 0. The van der Waals surface area contributed by atoms with E-state index >= 15 is 0 Å². The van der Waals surface area contributed by atoms with Gasteiger partial charge in [-0.2, -0.15) is 0 Å². The molecule has 0 aliphatic carbocycles. The number of carbonyl (C=O) groups excluding carboxylic acids is 1. The second-order valence-corrected chi connectivity index (χ2v) is 1.06. The van der Waals surface area contributed by atoms with Gasteiger partial charge in [0, 0.05) is 0 Å². The van der Waals surface area contributed by atoms with Gasteiger partial charge >= 0.3 is 51.4 Å². The number of thiocarbonyl (C=S) groups is 2. The molecule has 0 saturated carbocycles. The summed E-state index contributed by atoms with van der Waals surface area (Å²) in [6.45, 7) is 0. The number of hydrogen-bond donors (Lipinski definition) is 2. The van der Waals surface area contributed by atoms with E-state index in [0.29, 0.717) is 12.0 Å². The fraction of sp³-hybridized carbons (Fsp3) is 0. The standard InChI is InChI=1S/C2H4N2O2S.CH2OS.K/c5-1-3-4-6-2-7;2-1-3;/h1-2,4H,(H,3,5);1H,(H,2,3);/q;;+1/p-1. The summed E-state index contributed by atoms with van der Waals surface area (Å²) in [5, 5.41) is 8.62. The average molecular weight is 220 g/mol. The Hall–Kier alpha value is 0.846. The van der Waals surface area contributed by atoms with Crippen molar-refractivity contribution < 1.29 is 66.1 Å². The third-order valence-corrected chi connectivity index (χ3v) is 0.321. The van der Waals surface area contributed by atoms with E-state index in [9.17, 15) is 4.79 Å². The van der Waals surface area contributed by atoms with Crippen LogP contribution in [0.3, 0.4) is 0 Å². The molecule has 0 spiro atoms. The summed E-state index contributed by atoms with van der Waals surface area (Å²) < 4.78 is 0. The van der Waals surface area contributed by atoms with Gasteiger partial charge < -0.3 is 9.94 Å². The molecule has 5 nitrogen and oxygen atoms in total. The Morgan fingerprint density at radius 1 is 1.45 bits per heavy atom. The molecule has 0 atom stereocenters. The van der Waals surface area contributed by atoms with E-state index in [0.717, 1.165) is 5.55 Å². The zero-order chi connectivity index (χ0) is 8.24. The van der Waals surface area contributed by atoms with Gasteiger partial charge in [-0.3, -0.25) is 10.2 Å². The molecular formula is C3H5KN2O3S2. The van der Waals surface area contributed by atoms with E-state index < -0.39 is 0 Å². The summed E-state index contributed by atoms with van der Waals surface area (Å²) in [6, 6.07) is 0. The van der Waals surface area contributed by atoms with Crippen molar-refractivity contribution in [2.45, 2.75) is 0 Å². The first kappa shape index (κ1) is 17.8. The minimum atomic E-state index is 0. The number of hydrogen-bond acceptors (Lipinski definition) is 6. The van der Waals surface area contributed by atoms with E-state index in [1.54, 1.807) is 0 Å². The van der Waals surface area contributed by atoms with Crippen molar-refractivity contribution >= 4 is 42.0 Å². The van der Waals surface area contributed by atoms with E-state index in [1.807, 2.05) is 11.0 Å². The normalized spacial score (nSPS) is 5.45. The van der Waals surface area contributed by atoms with Gasteiger partial charge in [0.2, 0.25) is 6.41 Å². The van der Waals surface area contributed by atoms with Gasteiger partial charge in [0.25, 0.3) is 0 Å². The van der Waals surface area contributed by atoms with Gasteiger partial charge in [0.15, 0.2) is 5.55 Å². The molecule has 0 aromatic carbocycles. The number of rotatable bonds is 4. The molecule has 0 aliphatic heterocycles. The zero-order valence-corrected chi connectivity index (χ0v) is 10.5. The number of carbonyl (C=O) groups is 1. The molecule has 2 N–H and O–H groups in total. The van der Waals surface area contributed by atoms with Crippen molar-refractivity contribution in [1.29, 1.82) is 0 Å². The fourth-order valence-corrected chi connectivity index (χ4v) is 0.130. The second kappa shape index (κ2) is 22.4. The third kappa shape index (κ3) is 36.1. The van der Waals surface area contributed by atoms with Crippen LogP contribution in [0.15, 0.2) is 0 Å². The Morgan fingerprint density at radius 2 is 1.91 bits per heavy atom. The molecule has 0 radical (unpaired) electrons. The maximum atomic E-state index is 9.38. The van der Waals surface area contributed by atoms with Gasteiger partial charge in [-0.1, -0.05) is 11.1 Å². The van der Waals surface area contributed by atoms with Gasteiger partial charge in [-0.05, 0) is 12.2 Å². The number of hydrazine groups is 1.